The number of benzene rings is 1. The molecule has 0 unspecified atom stereocenters. The fourth-order valence-electron chi connectivity index (χ4n) is 1.55. The third-order valence-electron chi connectivity index (χ3n) is 2.52. The summed E-state index contributed by atoms with van der Waals surface area (Å²) in [7, 11) is 0. The van der Waals surface area contributed by atoms with Crippen molar-refractivity contribution >= 4 is 5.97 Å². The molecule has 0 radical (unpaired) electrons. The van der Waals surface area contributed by atoms with Crippen LogP contribution in [0, 0.1) is 0 Å². The number of rotatable bonds is 5. The van der Waals surface area contributed by atoms with Gasteiger partial charge in [0.25, 0.3) is 0 Å². The van der Waals surface area contributed by atoms with E-state index in [1.807, 2.05) is 19.1 Å². The molecule has 0 aliphatic rings. The van der Waals surface area contributed by atoms with Crippen LogP contribution in [0.4, 0.5) is 0 Å². The number of carbonyl (C=O) groups is 1. The van der Waals surface area contributed by atoms with Crippen LogP contribution in [0.2, 0.25) is 0 Å². The Balaban J connectivity index is 1.98. The monoisotopic (exact) mass is 257 g/mol. The molecule has 1 heterocycles. The van der Waals surface area contributed by atoms with Gasteiger partial charge in [-0.25, -0.2) is 9.78 Å². The van der Waals surface area contributed by atoms with Crippen LogP contribution < -0.4 is 0 Å². The van der Waals surface area contributed by atoms with E-state index in [1.54, 1.807) is 24.3 Å². The van der Waals surface area contributed by atoms with E-state index in [0.29, 0.717) is 18.0 Å². The standard InChI is InChI=1S/C14H15N3O2/c1-2-3-4-9-19-14(18)12-7-5-11(6-8-12)13-15-10-16-17-13/h3-8,10H,2,9H2,1H3,(H,15,16,17). The van der Waals surface area contributed by atoms with Crippen LogP contribution in [-0.4, -0.2) is 27.8 Å². The van der Waals surface area contributed by atoms with Crippen LogP contribution >= 0.6 is 0 Å². The number of esters is 1. The molecule has 0 bridgehead atoms. The zero-order chi connectivity index (χ0) is 13.5. The zero-order valence-corrected chi connectivity index (χ0v) is 10.7. The predicted octanol–water partition coefficient (Wildman–Crippen LogP) is 2.59. The first kappa shape index (κ1) is 13.0. The maximum Gasteiger partial charge on any atom is 0.338 e. The molecule has 5 heteroatoms. The van der Waals surface area contributed by atoms with Gasteiger partial charge in [-0.3, -0.25) is 5.10 Å². The van der Waals surface area contributed by atoms with Crippen molar-refractivity contribution in [2.75, 3.05) is 6.61 Å². The summed E-state index contributed by atoms with van der Waals surface area (Å²) >= 11 is 0. The molecule has 0 spiro atoms. The summed E-state index contributed by atoms with van der Waals surface area (Å²) in [4.78, 5) is 15.8. The Hall–Kier alpha value is -2.43. The minimum Gasteiger partial charge on any atom is -0.458 e. The molecule has 1 aromatic heterocycles. The fraction of sp³-hybridized carbons (Fsp3) is 0.214. The van der Waals surface area contributed by atoms with Crippen molar-refractivity contribution in [3.8, 4) is 11.4 Å². The molecule has 2 aromatic rings. The van der Waals surface area contributed by atoms with Crippen molar-refractivity contribution in [2.45, 2.75) is 13.3 Å². The first-order chi connectivity index (χ1) is 9.31. The molecule has 0 aliphatic carbocycles. The molecule has 1 aromatic carbocycles. The summed E-state index contributed by atoms with van der Waals surface area (Å²) < 4.78 is 5.10. The largest absolute Gasteiger partial charge is 0.458 e. The Morgan fingerprint density at radius 1 is 1.32 bits per heavy atom. The maximum absolute atomic E-state index is 11.7. The van der Waals surface area contributed by atoms with E-state index in [-0.39, 0.29) is 5.97 Å². The zero-order valence-electron chi connectivity index (χ0n) is 10.7. The summed E-state index contributed by atoms with van der Waals surface area (Å²) in [5.41, 5.74) is 1.40. The van der Waals surface area contributed by atoms with Gasteiger partial charge in [0.1, 0.15) is 12.9 Å². The number of H-pyrrole nitrogens is 1. The number of carbonyl (C=O) groups excluding carboxylic acids is 1. The van der Waals surface area contributed by atoms with Crippen molar-refractivity contribution in [3.63, 3.8) is 0 Å². The van der Waals surface area contributed by atoms with Gasteiger partial charge < -0.3 is 4.74 Å². The molecule has 98 valence electrons. The number of ether oxygens (including phenoxy) is 1. The number of nitrogens with zero attached hydrogens (tertiary/aromatic N) is 2. The van der Waals surface area contributed by atoms with Crippen molar-refractivity contribution in [1.29, 1.82) is 0 Å². The van der Waals surface area contributed by atoms with Crippen molar-refractivity contribution in [1.82, 2.24) is 15.2 Å². The summed E-state index contributed by atoms with van der Waals surface area (Å²) in [6, 6.07) is 7.03. The van der Waals surface area contributed by atoms with Gasteiger partial charge in [-0.05, 0) is 18.6 Å². The minimum absolute atomic E-state index is 0.302. The highest BCUT2D eigenvalue weighted by atomic mass is 16.5. The van der Waals surface area contributed by atoms with E-state index >= 15 is 0 Å². The molecule has 0 fully saturated rings. The van der Waals surface area contributed by atoms with Crippen molar-refractivity contribution < 1.29 is 9.53 Å². The second-order valence-corrected chi connectivity index (χ2v) is 3.89. The topological polar surface area (TPSA) is 67.9 Å². The average Bonchev–Trinajstić information content (AvgIpc) is 2.98. The molecular formula is C14H15N3O2. The number of aromatic nitrogens is 3. The molecule has 0 saturated heterocycles. The quantitative estimate of drug-likeness (QED) is 0.660. The highest BCUT2D eigenvalue weighted by Gasteiger charge is 2.07. The minimum atomic E-state index is -0.329. The SMILES string of the molecule is CCC=CCOC(=O)c1ccc(-c2ncn[nH]2)cc1. The molecular weight excluding hydrogens is 242 g/mol. The number of nitrogens with one attached hydrogen (secondary N) is 1. The van der Waals surface area contributed by atoms with E-state index in [9.17, 15) is 4.79 Å². The van der Waals surface area contributed by atoms with E-state index in [4.69, 9.17) is 4.74 Å². The van der Waals surface area contributed by atoms with Crippen LogP contribution in [0.25, 0.3) is 11.4 Å². The molecule has 2 rings (SSSR count). The number of allylic oxidation sites excluding steroid dienone is 1. The van der Waals surface area contributed by atoms with Gasteiger partial charge >= 0.3 is 5.97 Å². The van der Waals surface area contributed by atoms with Crippen LogP contribution in [0.5, 0.6) is 0 Å². The van der Waals surface area contributed by atoms with Gasteiger partial charge in [0, 0.05) is 5.56 Å². The first-order valence-corrected chi connectivity index (χ1v) is 6.09. The second kappa shape index (κ2) is 6.49. The highest BCUT2D eigenvalue weighted by Crippen LogP contribution is 2.14. The molecule has 0 amide bonds. The number of aromatic amines is 1. The maximum atomic E-state index is 11.7. The molecule has 0 saturated carbocycles. The van der Waals surface area contributed by atoms with E-state index < -0.39 is 0 Å². The number of hydrogen-bond acceptors (Lipinski definition) is 4. The predicted molar refractivity (Wildman–Crippen MR) is 71.5 cm³/mol. The van der Waals surface area contributed by atoms with E-state index in [2.05, 4.69) is 15.2 Å². The van der Waals surface area contributed by atoms with Gasteiger partial charge in [-0.2, -0.15) is 5.10 Å². The van der Waals surface area contributed by atoms with Crippen LogP contribution in [-0.2, 0) is 4.74 Å². The van der Waals surface area contributed by atoms with Crippen molar-refractivity contribution in [3.05, 3.63) is 48.3 Å². The Kier molecular flexibility index (Phi) is 4.44. The third kappa shape index (κ3) is 3.51. The van der Waals surface area contributed by atoms with Crippen LogP contribution in [0.3, 0.4) is 0 Å². The Morgan fingerprint density at radius 3 is 2.74 bits per heavy atom. The van der Waals surface area contributed by atoms with Gasteiger partial charge in [-0.1, -0.05) is 31.2 Å². The number of hydrogen-bond donors (Lipinski definition) is 1. The lowest BCUT2D eigenvalue weighted by atomic mass is 10.1. The molecule has 5 nitrogen and oxygen atoms in total. The third-order valence-corrected chi connectivity index (χ3v) is 2.52. The molecule has 1 N–H and O–H groups in total. The Morgan fingerprint density at radius 2 is 2.11 bits per heavy atom. The lowest BCUT2D eigenvalue weighted by Gasteiger charge is -2.02. The van der Waals surface area contributed by atoms with Gasteiger partial charge in [-0.15, -0.1) is 0 Å². The smallest absolute Gasteiger partial charge is 0.338 e. The first-order valence-electron chi connectivity index (χ1n) is 6.09. The Labute approximate surface area is 111 Å². The highest BCUT2D eigenvalue weighted by molar-refractivity contribution is 5.89. The van der Waals surface area contributed by atoms with E-state index in [0.717, 1.165) is 12.0 Å². The summed E-state index contributed by atoms with van der Waals surface area (Å²) in [6.45, 7) is 2.33. The lowest BCUT2D eigenvalue weighted by Crippen LogP contribution is -2.04. The van der Waals surface area contributed by atoms with E-state index in [1.165, 1.54) is 6.33 Å². The van der Waals surface area contributed by atoms with Crippen molar-refractivity contribution in [2.24, 2.45) is 0 Å². The molecule has 0 aliphatic heterocycles. The normalized spacial score (nSPS) is 10.8. The summed E-state index contributed by atoms with van der Waals surface area (Å²) in [6.07, 6.45) is 6.17. The molecule has 0 atom stereocenters. The summed E-state index contributed by atoms with van der Waals surface area (Å²) in [5.74, 6) is 0.343. The second-order valence-electron chi connectivity index (χ2n) is 3.89. The average molecular weight is 257 g/mol. The summed E-state index contributed by atoms with van der Waals surface area (Å²) in [5, 5.41) is 6.54. The van der Waals surface area contributed by atoms with Gasteiger partial charge in [0.05, 0.1) is 5.56 Å². The van der Waals surface area contributed by atoms with Gasteiger partial charge in [0.2, 0.25) is 0 Å². The van der Waals surface area contributed by atoms with Crippen LogP contribution in [0.1, 0.15) is 23.7 Å². The fourth-order valence-corrected chi connectivity index (χ4v) is 1.55. The lowest BCUT2D eigenvalue weighted by molar-refractivity contribution is 0.0549. The van der Waals surface area contributed by atoms with Crippen LogP contribution in [0.15, 0.2) is 42.7 Å². The molecule has 19 heavy (non-hydrogen) atoms. The Bertz CT molecular complexity index is 545. The van der Waals surface area contributed by atoms with Gasteiger partial charge in [0.15, 0.2) is 5.82 Å².